The molecule has 6 nitrogen and oxygen atoms in total. The Labute approximate surface area is 190 Å². The van der Waals surface area contributed by atoms with Crippen LogP contribution in [0.2, 0.25) is 0 Å². The molecule has 2 heterocycles. The Kier molecular flexibility index (Phi) is 6.84. The van der Waals surface area contributed by atoms with Crippen molar-refractivity contribution in [3.8, 4) is 17.2 Å². The summed E-state index contributed by atoms with van der Waals surface area (Å²) in [4.78, 5) is 1.98. The van der Waals surface area contributed by atoms with Crippen LogP contribution in [0.15, 0.2) is 36.4 Å². The molecule has 0 fully saturated rings. The number of nitrogens with zero attached hydrogens (tertiary/aromatic N) is 2. The minimum atomic E-state index is -1.51. The molecule has 0 saturated heterocycles. The Morgan fingerprint density at radius 3 is 2.43 bits per heavy atom. The van der Waals surface area contributed by atoms with Gasteiger partial charge in [0.1, 0.15) is 17.3 Å². The summed E-state index contributed by atoms with van der Waals surface area (Å²) in [5.41, 5.74) is -0.513. The molecule has 2 aliphatic heterocycles. The van der Waals surface area contributed by atoms with Crippen molar-refractivity contribution in [1.29, 1.82) is 0 Å². The maximum Gasteiger partial charge on any atom is 0.316 e. The first-order chi connectivity index (χ1) is 14.0. The maximum atomic E-state index is 14.9. The molecule has 162 valence electrons. The minimum absolute atomic E-state index is 0. The summed E-state index contributed by atoms with van der Waals surface area (Å²) in [6, 6.07) is 10.1. The molecule has 0 aliphatic carbocycles. The number of methoxy groups -OCH3 is 3. The third-order valence-corrected chi connectivity index (χ3v) is 6.52. The molecule has 1 atom stereocenters. The van der Waals surface area contributed by atoms with Gasteiger partial charge in [-0.05, 0) is 42.4 Å². The van der Waals surface area contributed by atoms with Crippen molar-refractivity contribution in [2.24, 2.45) is 0 Å². The van der Waals surface area contributed by atoms with Crippen molar-refractivity contribution in [3.05, 3.63) is 47.8 Å². The number of rotatable bonds is 5. The highest BCUT2D eigenvalue weighted by Gasteiger charge is 2.55. The van der Waals surface area contributed by atoms with Crippen molar-refractivity contribution < 1.29 is 45.3 Å². The van der Waals surface area contributed by atoms with E-state index in [0.29, 0.717) is 23.8 Å². The summed E-state index contributed by atoms with van der Waals surface area (Å²) in [5, 5.41) is 12.6. The van der Waals surface area contributed by atoms with Crippen molar-refractivity contribution in [3.63, 3.8) is 0 Å². The van der Waals surface area contributed by atoms with Crippen molar-refractivity contribution in [2.45, 2.75) is 12.1 Å². The van der Waals surface area contributed by atoms with E-state index in [2.05, 4.69) is 0 Å². The zero-order valence-electron chi connectivity index (χ0n) is 17.0. The first-order valence-corrected chi connectivity index (χ1v) is 10.3. The molecule has 4 rings (SSSR count). The number of benzene rings is 2. The smallest absolute Gasteiger partial charge is 0.316 e. The quantitative estimate of drug-likeness (QED) is 0.587. The summed E-state index contributed by atoms with van der Waals surface area (Å²) in [6.45, 7) is 0.801. The van der Waals surface area contributed by atoms with E-state index in [0.717, 1.165) is 23.0 Å². The fourth-order valence-corrected chi connectivity index (χ4v) is 5.05. The van der Waals surface area contributed by atoms with Crippen LogP contribution in [0.25, 0.3) is 0 Å². The Bertz CT molecular complexity index is 974. The van der Waals surface area contributed by atoms with Gasteiger partial charge in [0, 0.05) is 17.9 Å². The first kappa shape index (κ1) is 22.7. The van der Waals surface area contributed by atoms with E-state index in [1.54, 1.807) is 38.1 Å². The van der Waals surface area contributed by atoms with Crippen molar-refractivity contribution >= 4 is 22.6 Å². The lowest BCUT2D eigenvalue weighted by Crippen LogP contribution is -3.00. The molecule has 0 aromatic heterocycles. The van der Waals surface area contributed by atoms with Gasteiger partial charge < -0.3 is 36.3 Å². The molecule has 2 aromatic carbocycles. The van der Waals surface area contributed by atoms with Crippen LogP contribution in [0, 0.1) is 5.82 Å². The number of halogens is 2. The predicted molar refractivity (Wildman–Crippen MR) is 111 cm³/mol. The SMILES string of the molecule is COc1ccc(C2(O)CN(c3cc(OC)ccc3OC)C3=[N+]2CCCS3)c(F)c1.[Br-]. The largest absolute Gasteiger partial charge is 1.00 e. The van der Waals surface area contributed by atoms with Crippen LogP contribution in [0.5, 0.6) is 17.2 Å². The first-order valence-electron chi connectivity index (χ1n) is 9.35. The molecule has 9 heteroatoms. The number of anilines is 1. The van der Waals surface area contributed by atoms with Crippen LogP contribution >= 0.6 is 11.8 Å². The van der Waals surface area contributed by atoms with Crippen LogP contribution in [-0.2, 0) is 5.72 Å². The average molecular weight is 499 g/mol. The highest BCUT2D eigenvalue weighted by atomic mass is 79.9. The summed E-state index contributed by atoms with van der Waals surface area (Å²) >= 11 is 1.64. The topological polar surface area (TPSA) is 54.2 Å². The number of β-amino-alcohol motifs (C(OH)–C–C–N with tert-alkyl or cyclic N) is 1. The van der Waals surface area contributed by atoms with E-state index in [1.165, 1.54) is 13.2 Å². The second kappa shape index (κ2) is 9.03. The summed E-state index contributed by atoms with van der Waals surface area (Å²) in [5.74, 6) is 2.18. The van der Waals surface area contributed by atoms with Crippen LogP contribution < -0.4 is 36.1 Å². The monoisotopic (exact) mass is 498 g/mol. The number of aliphatic hydroxyl groups is 1. The van der Waals surface area contributed by atoms with Crippen molar-refractivity contribution in [1.82, 2.24) is 0 Å². The Hall–Kier alpha value is -1.97. The van der Waals surface area contributed by atoms with E-state index in [4.69, 9.17) is 14.2 Å². The van der Waals surface area contributed by atoms with Crippen LogP contribution in [0.3, 0.4) is 0 Å². The number of thioether (sulfide) groups is 1. The van der Waals surface area contributed by atoms with Gasteiger partial charge in [-0.25, -0.2) is 13.9 Å². The Morgan fingerprint density at radius 1 is 1.07 bits per heavy atom. The molecule has 0 amide bonds. The molecular weight excluding hydrogens is 475 g/mol. The third kappa shape index (κ3) is 3.74. The normalized spacial score (nSPS) is 20.5. The third-order valence-electron chi connectivity index (χ3n) is 5.33. The molecule has 1 unspecified atom stereocenters. The van der Waals surface area contributed by atoms with E-state index < -0.39 is 11.5 Å². The molecule has 2 aromatic rings. The molecule has 2 aliphatic rings. The number of hydrogen-bond donors (Lipinski definition) is 1. The van der Waals surface area contributed by atoms with Gasteiger partial charge in [-0.1, -0.05) is 0 Å². The average Bonchev–Trinajstić information content (AvgIpc) is 3.06. The minimum Gasteiger partial charge on any atom is -1.00 e. The van der Waals surface area contributed by atoms with Gasteiger partial charge >= 0.3 is 5.17 Å². The summed E-state index contributed by atoms with van der Waals surface area (Å²) < 4.78 is 32.9. The maximum absolute atomic E-state index is 14.9. The highest BCUT2D eigenvalue weighted by Crippen LogP contribution is 2.42. The van der Waals surface area contributed by atoms with Crippen LogP contribution in [-0.4, -0.2) is 55.0 Å². The van der Waals surface area contributed by atoms with Gasteiger partial charge in [0.15, 0.2) is 18.0 Å². The van der Waals surface area contributed by atoms with E-state index in [1.807, 2.05) is 27.7 Å². The molecular formula is C21H24BrFN2O4S. The Morgan fingerprint density at radius 2 is 1.77 bits per heavy atom. The number of amidine groups is 1. The Balaban J connectivity index is 0.00000256. The molecule has 0 spiro atoms. The fourth-order valence-electron chi connectivity index (χ4n) is 3.87. The highest BCUT2D eigenvalue weighted by molar-refractivity contribution is 8.13. The number of ether oxygens (including phenoxy) is 3. The number of hydrogen-bond acceptors (Lipinski definition) is 6. The van der Waals surface area contributed by atoms with E-state index >= 15 is 0 Å². The molecule has 0 bridgehead atoms. The standard InChI is InChI=1S/C21H24FN2O4S.BrH/c1-26-14-5-7-16(17(22)11-14)21(25)13-23(20-24(21)9-4-10-29-20)18-12-15(27-2)6-8-19(18)28-3;/h5-8,11-12,25H,4,9-10,13H2,1-3H3;1H/q+1;/p-1. The van der Waals surface area contributed by atoms with E-state index in [-0.39, 0.29) is 29.1 Å². The van der Waals surface area contributed by atoms with Gasteiger partial charge in [0.05, 0.1) is 33.4 Å². The predicted octanol–water partition coefficient (Wildman–Crippen LogP) is 0.0262. The lowest BCUT2D eigenvalue weighted by atomic mass is 10.0. The second-order valence-electron chi connectivity index (χ2n) is 6.92. The summed E-state index contributed by atoms with van der Waals surface area (Å²) in [6.07, 6.45) is 0.900. The van der Waals surface area contributed by atoms with Gasteiger partial charge in [-0.15, -0.1) is 0 Å². The molecule has 0 radical (unpaired) electrons. The molecule has 1 N–H and O–H groups in total. The molecule has 0 saturated carbocycles. The summed E-state index contributed by atoms with van der Waals surface area (Å²) in [7, 11) is 4.70. The molecule has 30 heavy (non-hydrogen) atoms. The lowest BCUT2D eigenvalue weighted by molar-refractivity contribution is -0.657. The van der Waals surface area contributed by atoms with Gasteiger partial charge in [-0.3, -0.25) is 0 Å². The van der Waals surface area contributed by atoms with E-state index in [9.17, 15) is 9.50 Å². The zero-order chi connectivity index (χ0) is 20.6. The van der Waals surface area contributed by atoms with Crippen molar-refractivity contribution in [2.75, 3.05) is 45.1 Å². The fraction of sp³-hybridized carbons (Fsp3) is 0.381. The van der Waals surface area contributed by atoms with Crippen LogP contribution in [0.4, 0.5) is 10.1 Å². The van der Waals surface area contributed by atoms with Gasteiger partial charge in [0.25, 0.3) is 5.72 Å². The van der Waals surface area contributed by atoms with Gasteiger partial charge in [0.2, 0.25) is 0 Å². The zero-order valence-corrected chi connectivity index (χ0v) is 19.4. The second-order valence-corrected chi connectivity index (χ2v) is 7.98. The lowest BCUT2D eigenvalue weighted by Gasteiger charge is -2.24. The van der Waals surface area contributed by atoms with Gasteiger partial charge in [-0.2, -0.15) is 0 Å². The van der Waals surface area contributed by atoms with Crippen LogP contribution in [0.1, 0.15) is 12.0 Å².